The number of benzene rings is 1. The molecule has 0 amide bonds. The lowest BCUT2D eigenvalue weighted by Crippen LogP contribution is -2.11. The molecule has 0 saturated carbocycles. The molecule has 0 saturated heterocycles. The zero-order chi connectivity index (χ0) is 9.84. The van der Waals surface area contributed by atoms with E-state index in [1.165, 1.54) is 13.2 Å². The van der Waals surface area contributed by atoms with E-state index in [-0.39, 0.29) is 11.0 Å². The summed E-state index contributed by atoms with van der Waals surface area (Å²) in [6, 6.07) is 2.06. The third kappa shape index (κ3) is 2.72. The minimum atomic E-state index is -0.618. The van der Waals surface area contributed by atoms with Crippen LogP contribution < -0.4 is 5.48 Å². The Kier molecular flexibility index (Phi) is 3.77. The van der Waals surface area contributed by atoms with Crippen molar-refractivity contribution in [1.82, 2.24) is 5.48 Å². The van der Waals surface area contributed by atoms with E-state index in [1.807, 2.05) is 0 Å². The summed E-state index contributed by atoms with van der Waals surface area (Å²) < 4.78 is 25.9. The minimum absolute atomic E-state index is 0.242. The first-order chi connectivity index (χ1) is 6.15. The van der Waals surface area contributed by atoms with Crippen LogP contribution >= 0.6 is 15.9 Å². The average molecular weight is 252 g/mol. The molecule has 0 fully saturated rings. The summed E-state index contributed by atoms with van der Waals surface area (Å²) in [6.45, 7) is 0.242. The number of hydrogen-bond acceptors (Lipinski definition) is 2. The molecule has 2 nitrogen and oxygen atoms in total. The molecule has 0 bridgehead atoms. The molecule has 0 aliphatic carbocycles. The predicted molar refractivity (Wildman–Crippen MR) is 47.9 cm³/mol. The minimum Gasteiger partial charge on any atom is -0.305 e. The Bertz CT molecular complexity index is 306. The summed E-state index contributed by atoms with van der Waals surface area (Å²) in [5.41, 5.74) is 2.97. The van der Waals surface area contributed by atoms with Crippen molar-refractivity contribution in [1.29, 1.82) is 0 Å². The van der Waals surface area contributed by atoms with Crippen molar-refractivity contribution < 1.29 is 13.6 Å². The van der Waals surface area contributed by atoms with E-state index < -0.39 is 11.6 Å². The van der Waals surface area contributed by atoms with Gasteiger partial charge in [0.15, 0.2) is 0 Å². The van der Waals surface area contributed by atoms with Gasteiger partial charge in [0.25, 0.3) is 0 Å². The second kappa shape index (κ2) is 4.64. The molecule has 0 aliphatic rings. The van der Waals surface area contributed by atoms with E-state index in [9.17, 15) is 8.78 Å². The Morgan fingerprint density at radius 3 is 2.77 bits per heavy atom. The first-order valence-electron chi connectivity index (χ1n) is 3.54. The van der Waals surface area contributed by atoms with Crippen LogP contribution in [-0.4, -0.2) is 7.11 Å². The summed E-state index contributed by atoms with van der Waals surface area (Å²) in [7, 11) is 1.43. The van der Waals surface area contributed by atoms with Gasteiger partial charge in [0.05, 0.1) is 11.6 Å². The summed E-state index contributed by atoms with van der Waals surface area (Å²) in [4.78, 5) is 4.56. The van der Waals surface area contributed by atoms with Crippen LogP contribution in [0.1, 0.15) is 5.56 Å². The van der Waals surface area contributed by atoms with Gasteiger partial charge in [-0.25, -0.2) is 8.78 Å². The fourth-order valence-electron chi connectivity index (χ4n) is 0.888. The van der Waals surface area contributed by atoms with Crippen LogP contribution in [0.25, 0.3) is 0 Å². The molecule has 0 atom stereocenters. The van der Waals surface area contributed by atoms with Crippen molar-refractivity contribution >= 4 is 15.9 Å². The Labute approximate surface area is 83.0 Å². The lowest BCUT2D eigenvalue weighted by atomic mass is 10.2. The molecule has 0 heterocycles. The first kappa shape index (κ1) is 10.6. The molecule has 0 aliphatic heterocycles. The van der Waals surface area contributed by atoms with E-state index in [4.69, 9.17) is 0 Å². The van der Waals surface area contributed by atoms with Gasteiger partial charge in [-0.15, -0.1) is 0 Å². The monoisotopic (exact) mass is 251 g/mol. The molecule has 0 radical (unpaired) electrons. The molecule has 5 heteroatoms. The second-order valence-electron chi connectivity index (χ2n) is 2.39. The Hall–Kier alpha value is -0.520. The van der Waals surface area contributed by atoms with E-state index in [0.717, 1.165) is 6.07 Å². The van der Waals surface area contributed by atoms with Crippen molar-refractivity contribution in [2.24, 2.45) is 0 Å². The first-order valence-corrected chi connectivity index (χ1v) is 4.33. The van der Waals surface area contributed by atoms with Crippen LogP contribution in [0.5, 0.6) is 0 Å². The predicted octanol–water partition coefficient (Wildman–Crippen LogP) is 2.38. The highest BCUT2D eigenvalue weighted by molar-refractivity contribution is 9.10. The zero-order valence-corrected chi connectivity index (χ0v) is 8.49. The maximum absolute atomic E-state index is 12.9. The van der Waals surface area contributed by atoms with Crippen molar-refractivity contribution in [2.75, 3.05) is 7.11 Å². The van der Waals surface area contributed by atoms with E-state index >= 15 is 0 Å². The van der Waals surface area contributed by atoms with Gasteiger partial charge in [0, 0.05) is 12.6 Å². The molecule has 1 aromatic rings. The Morgan fingerprint density at radius 1 is 1.46 bits per heavy atom. The molecule has 13 heavy (non-hydrogen) atoms. The molecule has 0 unspecified atom stereocenters. The van der Waals surface area contributed by atoms with Gasteiger partial charge in [0.2, 0.25) is 0 Å². The van der Waals surface area contributed by atoms with Gasteiger partial charge in [-0.1, -0.05) is 0 Å². The quantitative estimate of drug-likeness (QED) is 0.658. The van der Waals surface area contributed by atoms with Crippen molar-refractivity contribution in [3.8, 4) is 0 Å². The fourth-order valence-corrected chi connectivity index (χ4v) is 1.26. The molecule has 0 spiro atoms. The standard InChI is InChI=1S/C8H8BrF2NO/c1-13-12-4-5-2-6(10)3-7(11)8(5)9/h2-3,12H,4H2,1H3. The highest BCUT2D eigenvalue weighted by Crippen LogP contribution is 2.21. The van der Waals surface area contributed by atoms with Crippen LogP contribution in [0.15, 0.2) is 16.6 Å². The molecular weight excluding hydrogens is 244 g/mol. The largest absolute Gasteiger partial charge is 0.305 e. The highest BCUT2D eigenvalue weighted by Gasteiger charge is 2.07. The third-order valence-corrected chi connectivity index (χ3v) is 2.36. The summed E-state index contributed by atoms with van der Waals surface area (Å²) >= 11 is 3.01. The van der Waals surface area contributed by atoms with Crippen LogP contribution in [-0.2, 0) is 11.4 Å². The van der Waals surface area contributed by atoms with Gasteiger partial charge >= 0.3 is 0 Å². The number of nitrogens with one attached hydrogen (secondary N) is 1. The maximum Gasteiger partial charge on any atom is 0.140 e. The van der Waals surface area contributed by atoms with Crippen molar-refractivity contribution in [3.05, 3.63) is 33.8 Å². The third-order valence-electron chi connectivity index (χ3n) is 1.48. The van der Waals surface area contributed by atoms with Crippen LogP contribution in [0.3, 0.4) is 0 Å². The normalized spacial score (nSPS) is 10.5. The summed E-state index contributed by atoms with van der Waals surface area (Å²) in [6.07, 6.45) is 0. The molecule has 0 aromatic heterocycles. The Balaban J connectivity index is 2.92. The molecular formula is C8H8BrF2NO. The lowest BCUT2D eigenvalue weighted by molar-refractivity contribution is 0.0864. The van der Waals surface area contributed by atoms with Crippen LogP contribution in [0, 0.1) is 11.6 Å². The van der Waals surface area contributed by atoms with E-state index in [0.29, 0.717) is 5.56 Å². The molecule has 1 aromatic carbocycles. The molecule has 1 N–H and O–H groups in total. The Morgan fingerprint density at radius 2 is 2.15 bits per heavy atom. The molecule has 1 rings (SSSR count). The van der Waals surface area contributed by atoms with Gasteiger partial charge in [-0.3, -0.25) is 0 Å². The van der Waals surface area contributed by atoms with Crippen molar-refractivity contribution in [2.45, 2.75) is 6.54 Å². The molecule has 72 valence electrons. The SMILES string of the molecule is CONCc1cc(F)cc(F)c1Br. The maximum atomic E-state index is 12.9. The second-order valence-corrected chi connectivity index (χ2v) is 3.18. The van der Waals surface area contributed by atoms with Gasteiger partial charge in [-0.05, 0) is 27.6 Å². The van der Waals surface area contributed by atoms with Crippen LogP contribution in [0.4, 0.5) is 8.78 Å². The lowest BCUT2D eigenvalue weighted by Gasteiger charge is -2.05. The van der Waals surface area contributed by atoms with E-state index in [2.05, 4.69) is 26.2 Å². The fraction of sp³-hybridized carbons (Fsp3) is 0.250. The number of hydrogen-bond donors (Lipinski definition) is 1. The van der Waals surface area contributed by atoms with Gasteiger partial charge in [-0.2, -0.15) is 5.48 Å². The number of halogens is 3. The van der Waals surface area contributed by atoms with Crippen molar-refractivity contribution in [3.63, 3.8) is 0 Å². The number of hydroxylamine groups is 1. The van der Waals surface area contributed by atoms with E-state index in [1.54, 1.807) is 0 Å². The number of rotatable bonds is 3. The summed E-state index contributed by atoms with van der Waals surface area (Å²) in [5.74, 6) is -1.22. The smallest absolute Gasteiger partial charge is 0.140 e. The van der Waals surface area contributed by atoms with Gasteiger partial charge in [0.1, 0.15) is 11.6 Å². The van der Waals surface area contributed by atoms with Gasteiger partial charge < -0.3 is 4.84 Å². The van der Waals surface area contributed by atoms with Crippen LogP contribution in [0.2, 0.25) is 0 Å². The average Bonchev–Trinajstić information content (AvgIpc) is 2.09. The zero-order valence-electron chi connectivity index (χ0n) is 6.90. The highest BCUT2D eigenvalue weighted by atomic mass is 79.9. The topological polar surface area (TPSA) is 21.3 Å². The summed E-state index contributed by atoms with van der Waals surface area (Å²) in [5, 5.41) is 0.